The van der Waals surface area contributed by atoms with Crippen LogP contribution >= 0.6 is 0 Å². The van der Waals surface area contributed by atoms with Crippen molar-refractivity contribution in [3.8, 4) is 5.75 Å². The molecule has 0 spiro atoms. The number of amides is 1. The molecule has 0 heterocycles. The highest BCUT2D eigenvalue weighted by atomic mass is 16.6. The molecular weight excluding hydrogens is 316 g/mol. The van der Waals surface area contributed by atoms with Crippen molar-refractivity contribution >= 4 is 17.6 Å². The molecule has 132 valence electrons. The van der Waals surface area contributed by atoms with Gasteiger partial charge in [0.2, 0.25) is 0 Å². The van der Waals surface area contributed by atoms with Crippen LogP contribution in [0.4, 0.5) is 5.69 Å². The molecule has 2 N–H and O–H groups in total. The first-order chi connectivity index (χ1) is 11.3. The number of nitrogens with one attached hydrogen (secondary N) is 1. The lowest BCUT2D eigenvalue weighted by Crippen LogP contribution is -2.42. The van der Waals surface area contributed by atoms with Crippen LogP contribution in [0.5, 0.6) is 5.75 Å². The molecule has 8 nitrogen and oxygen atoms in total. The van der Waals surface area contributed by atoms with Crippen molar-refractivity contribution in [3.63, 3.8) is 0 Å². The van der Waals surface area contributed by atoms with Crippen LogP contribution in [0.2, 0.25) is 0 Å². The number of hydrogen-bond donors (Lipinski definition) is 2. The largest absolute Gasteiger partial charge is 0.487 e. The summed E-state index contributed by atoms with van der Waals surface area (Å²) in [7, 11) is 0. The first-order valence-electron chi connectivity index (χ1n) is 7.74. The molecule has 0 bridgehead atoms. The van der Waals surface area contributed by atoms with Crippen molar-refractivity contribution in [1.82, 2.24) is 5.32 Å². The van der Waals surface area contributed by atoms with Crippen LogP contribution in [-0.2, 0) is 4.79 Å². The van der Waals surface area contributed by atoms with E-state index in [0.29, 0.717) is 12.8 Å². The number of carbonyl (C=O) groups excluding carboxylic acids is 1. The maximum atomic E-state index is 12.2. The van der Waals surface area contributed by atoms with E-state index in [1.165, 1.54) is 12.1 Å². The SMILES string of the molecule is CCOc1ccc(C(=O)NCC(CC)(CC)C(=O)O)cc1[N+](=O)[O-]. The third-order valence-electron chi connectivity index (χ3n) is 4.11. The Labute approximate surface area is 140 Å². The number of carboxylic acids is 1. The summed E-state index contributed by atoms with van der Waals surface area (Å²) in [5.41, 5.74) is -1.27. The van der Waals surface area contributed by atoms with E-state index >= 15 is 0 Å². The van der Waals surface area contributed by atoms with E-state index in [0.717, 1.165) is 6.07 Å². The zero-order chi connectivity index (χ0) is 18.3. The maximum Gasteiger partial charge on any atom is 0.311 e. The summed E-state index contributed by atoms with van der Waals surface area (Å²) in [6, 6.07) is 3.90. The minimum absolute atomic E-state index is 0.0465. The second kappa shape index (κ2) is 8.28. The topological polar surface area (TPSA) is 119 Å². The van der Waals surface area contributed by atoms with Gasteiger partial charge in [-0.15, -0.1) is 0 Å². The van der Waals surface area contributed by atoms with Gasteiger partial charge in [-0.25, -0.2) is 0 Å². The summed E-state index contributed by atoms with van der Waals surface area (Å²) in [5, 5.41) is 23.0. The van der Waals surface area contributed by atoms with Gasteiger partial charge >= 0.3 is 11.7 Å². The van der Waals surface area contributed by atoms with Crippen molar-refractivity contribution in [2.45, 2.75) is 33.6 Å². The lowest BCUT2D eigenvalue weighted by Gasteiger charge is -2.26. The number of hydrogen-bond acceptors (Lipinski definition) is 5. The molecule has 8 heteroatoms. The quantitative estimate of drug-likeness (QED) is 0.527. The molecule has 1 amide bonds. The van der Waals surface area contributed by atoms with E-state index in [1.807, 2.05) is 0 Å². The minimum Gasteiger partial charge on any atom is -0.487 e. The predicted octanol–water partition coefficient (Wildman–Crippen LogP) is 2.61. The molecule has 0 aliphatic heterocycles. The highest BCUT2D eigenvalue weighted by Gasteiger charge is 2.35. The Balaban J connectivity index is 2.98. The fourth-order valence-electron chi connectivity index (χ4n) is 2.31. The van der Waals surface area contributed by atoms with Crippen LogP contribution in [0, 0.1) is 15.5 Å². The van der Waals surface area contributed by atoms with Crippen molar-refractivity contribution in [1.29, 1.82) is 0 Å². The Morgan fingerprint density at radius 3 is 2.38 bits per heavy atom. The van der Waals surface area contributed by atoms with Crippen molar-refractivity contribution < 1.29 is 24.4 Å². The van der Waals surface area contributed by atoms with E-state index in [4.69, 9.17) is 4.74 Å². The lowest BCUT2D eigenvalue weighted by molar-refractivity contribution is -0.385. The molecule has 0 unspecified atom stereocenters. The fraction of sp³-hybridized carbons (Fsp3) is 0.500. The number of nitrogens with zero attached hydrogens (tertiary/aromatic N) is 1. The van der Waals surface area contributed by atoms with Gasteiger partial charge in [-0.3, -0.25) is 19.7 Å². The molecule has 0 atom stereocenters. The molecule has 0 aliphatic rings. The van der Waals surface area contributed by atoms with E-state index in [1.54, 1.807) is 20.8 Å². The number of nitro benzene ring substituents is 1. The van der Waals surface area contributed by atoms with Gasteiger partial charge in [-0.05, 0) is 31.9 Å². The van der Waals surface area contributed by atoms with Gasteiger partial charge in [0, 0.05) is 18.2 Å². The molecule has 1 rings (SSSR count). The fourth-order valence-corrected chi connectivity index (χ4v) is 2.31. The van der Waals surface area contributed by atoms with Crippen molar-refractivity contribution in [2.24, 2.45) is 5.41 Å². The summed E-state index contributed by atoms with van der Waals surface area (Å²) >= 11 is 0. The van der Waals surface area contributed by atoms with Gasteiger partial charge < -0.3 is 15.2 Å². The number of benzene rings is 1. The van der Waals surface area contributed by atoms with E-state index in [2.05, 4.69) is 5.32 Å². The summed E-state index contributed by atoms with van der Waals surface area (Å²) in [6.45, 7) is 5.40. The standard InChI is InChI=1S/C16H22N2O6/c1-4-16(5-2,15(20)21)10-17-14(19)11-7-8-13(24-6-3)12(9-11)18(22)23/h7-9H,4-6,10H2,1-3H3,(H,17,19)(H,20,21). The van der Waals surface area contributed by atoms with Gasteiger partial charge in [0.15, 0.2) is 5.75 Å². The summed E-state index contributed by atoms with van der Waals surface area (Å²) in [4.78, 5) is 34.1. The number of carbonyl (C=O) groups is 2. The summed E-state index contributed by atoms with van der Waals surface area (Å²) in [5.74, 6) is -1.46. The lowest BCUT2D eigenvalue weighted by atomic mass is 9.82. The van der Waals surface area contributed by atoms with Gasteiger partial charge in [0.05, 0.1) is 16.9 Å². The molecule has 1 aromatic carbocycles. The maximum absolute atomic E-state index is 12.2. The van der Waals surface area contributed by atoms with E-state index in [9.17, 15) is 24.8 Å². The molecule has 24 heavy (non-hydrogen) atoms. The molecule has 0 saturated carbocycles. The van der Waals surface area contributed by atoms with E-state index < -0.39 is 22.2 Å². The smallest absolute Gasteiger partial charge is 0.311 e. The Bertz CT molecular complexity index is 625. The Morgan fingerprint density at radius 1 is 1.29 bits per heavy atom. The third kappa shape index (κ3) is 4.21. The first-order valence-corrected chi connectivity index (χ1v) is 7.74. The number of ether oxygens (including phenoxy) is 1. The van der Waals surface area contributed by atoms with Crippen LogP contribution in [0.3, 0.4) is 0 Å². The second-order valence-electron chi connectivity index (χ2n) is 5.35. The Kier molecular flexibility index (Phi) is 6.69. The second-order valence-corrected chi connectivity index (χ2v) is 5.35. The normalized spacial score (nSPS) is 11.0. The van der Waals surface area contributed by atoms with Crippen molar-refractivity contribution in [3.05, 3.63) is 33.9 Å². The third-order valence-corrected chi connectivity index (χ3v) is 4.11. The predicted molar refractivity (Wildman–Crippen MR) is 87.2 cm³/mol. The zero-order valence-electron chi connectivity index (χ0n) is 14.0. The van der Waals surface area contributed by atoms with Gasteiger partial charge in [0.25, 0.3) is 5.91 Å². The van der Waals surface area contributed by atoms with Crippen LogP contribution in [0.15, 0.2) is 18.2 Å². The highest BCUT2D eigenvalue weighted by Crippen LogP contribution is 2.29. The van der Waals surface area contributed by atoms with Gasteiger partial charge in [0.1, 0.15) is 0 Å². The van der Waals surface area contributed by atoms with Crippen LogP contribution in [0.1, 0.15) is 44.0 Å². The minimum atomic E-state index is -1.05. The van der Waals surface area contributed by atoms with Crippen LogP contribution in [0.25, 0.3) is 0 Å². The average molecular weight is 338 g/mol. The number of carboxylic acid groups (broad SMARTS) is 1. The average Bonchev–Trinajstić information content (AvgIpc) is 2.56. The van der Waals surface area contributed by atoms with Crippen LogP contribution < -0.4 is 10.1 Å². The van der Waals surface area contributed by atoms with Crippen molar-refractivity contribution in [2.75, 3.05) is 13.2 Å². The monoisotopic (exact) mass is 338 g/mol. The molecule has 0 aliphatic carbocycles. The van der Waals surface area contributed by atoms with E-state index in [-0.39, 0.29) is 30.2 Å². The highest BCUT2D eigenvalue weighted by molar-refractivity contribution is 5.95. The van der Waals surface area contributed by atoms with Gasteiger partial charge in [-0.2, -0.15) is 0 Å². The first kappa shape index (κ1) is 19.4. The molecule has 0 aromatic heterocycles. The zero-order valence-corrected chi connectivity index (χ0v) is 14.0. The molecular formula is C16H22N2O6. The number of rotatable bonds is 9. The summed E-state index contributed by atoms with van der Waals surface area (Å²) in [6.07, 6.45) is 0.727. The Hall–Kier alpha value is -2.64. The Morgan fingerprint density at radius 2 is 1.92 bits per heavy atom. The molecule has 1 aromatic rings. The molecule has 0 fully saturated rings. The van der Waals surface area contributed by atoms with Gasteiger partial charge in [-0.1, -0.05) is 13.8 Å². The summed E-state index contributed by atoms with van der Waals surface area (Å²) < 4.78 is 5.16. The van der Waals surface area contributed by atoms with Crippen LogP contribution in [-0.4, -0.2) is 35.1 Å². The number of nitro groups is 1. The molecule has 0 saturated heterocycles. The number of aliphatic carboxylic acids is 1. The molecule has 0 radical (unpaired) electrons.